The average molecular weight is 422 g/mol. The predicted molar refractivity (Wildman–Crippen MR) is 131 cm³/mol. The summed E-state index contributed by atoms with van der Waals surface area (Å²) in [6.07, 6.45) is 0. The fraction of sp³-hybridized carbons (Fsp3) is 0.107. The van der Waals surface area contributed by atoms with Gasteiger partial charge in [-0.3, -0.25) is 4.79 Å². The van der Waals surface area contributed by atoms with Crippen LogP contribution < -0.4 is 11.1 Å². The third kappa shape index (κ3) is 5.16. The van der Waals surface area contributed by atoms with E-state index in [0.29, 0.717) is 31.0 Å². The number of amides is 1. The lowest BCUT2D eigenvalue weighted by atomic mass is 10.0. The highest BCUT2D eigenvalue weighted by molar-refractivity contribution is 5.94. The van der Waals surface area contributed by atoms with Crippen molar-refractivity contribution in [2.45, 2.75) is 19.6 Å². The molecule has 4 heteroatoms. The van der Waals surface area contributed by atoms with Crippen LogP contribution in [0.5, 0.6) is 0 Å². The minimum atomic E-state index is 0.0173. The van der Waals surface area contributed by atoms with Crippen LogP contribution in [0.3, 0.4) is 0 Å². The summed E-state index contributed by atoms with van der Waals surface area (Å²) >= 11 is 0. The third-order valence-electron chi connectivity index (χ3n) is 5.47. The molecule has 0 aliphatic carbocycles. The van der Waals surface area contributed by atoms with Crippen molar-refractivity contribution in [2.24, 2.45) is 5.73 Å². The van der Waals surface area contributed by atoms with Gasteiger partial charge in [-0.2, -0.15) is 0 Å². The first kappa shape index (κ1) is 21.2. The summed E-state index contributed by atoms with van der Waals surface area (Å²) in [4.78, 5) is 15.3. The van der Waals surface area contributed by atoms with Crippen LogP contribution >= 0.6 is 0 Å². The maximum atomic E-state index is 13.4. The smallest absolute Gasteiger partial charge is 0.254 e. The molecule has 0 unspecified atom stereocenters. The van der Waals surface area contributed by atoms with Crippen LogP contribution in [-0.2, 0) is 19.6 Å². The van der Waals surface area contributed by atoms with E-state index >= 15 is 0 Å². The second kappa shape index (κ2) is 9.84. The van der Waals surface area contributed by atoms with Crippen LogP contribution in [0, 0.1) is 0 Å². The minimum Gasteiger partial charge on any atom is -0.386 e. The summed E-state index contributed by atoms with van der Waals surface area (Å²) in [6.45, 7) is 5.34. The first-order valence-corrected chi connectivity index (χ1v) is 10.7. The van der Waals surface area contributed by atoms with Crippen molar-refractivity contribution in [3.8, 4) is 0 Å². The number of nitrogens with two attached hydrogens (primary N) is 1. The number of carbonyl (C=O) groups is 1. The van der Waals surface area contributed by atoms with Gasteiger partial charge in [0, 0.05) is 25.2 Å². The van der Waals surface area contributed by atoms with Gasteiger partial charge in [-0.15, -0.1) is 0 Å². The van der Waals surface area contributed by atoms with Gasteiger partial charge in [0.15, 0.2) is 0 Å². The zero-order valence-corrected chi connectivity index (χ0v) is 18.0. The lowest BCUT2D eigenvalue weighted by Crippen LogP contribution is -2.30. The molecule has 4 rings (SSSR count). The Balaban J connectivity index is 1.61. The molecule has 4 aromatic carbocycles. The molecule has 0 saturated carbocycles. The summed E-state index contributed by atoms with van der Waals surface area (Å²) < 4.78 is 0. The lowest BCUT2D eigenvalue weighted by molar-refractivity contribution is 0.0731. The van der Waals surface area contributed by atoms with Gasteiger partial charge in [-0.05, 0) is 39.6 Å². The number of nitrogens with zero attached hydrogens (tertiary/aromatic N) is 1. The highest BCUT2D eigenvalue weighted by Gasteiger charge is 2.17. The SMILES string of the molecule is C=C(N)NCc1ccc(CN(Cc2cccc3ccccc23)C(=O)c2ccccc2)cc1. The molecule has 0 spiro atoms. The van der Waals surface area contributed by atoms with E-state index in [2.05, 4.69) is 54.4 Å². The van der Waals surface area contributed by atoms with Gasteiger partial charge < -0.3 is 16.0 Å². The predicted octanol–water partition coefficient (Wildman–Crippen LogP) is 5.20. The Bertz CT molecular complexity index is 1210. The fourth-order valence-electron chi connectivity index (χ4n) is 3.80. The molecule has 0 atom stereocenters. The molecule has 0 radical (unpaired) electrons. The van der Waals surface area contributed by atoms with Crippen molar-refractivity contribution >= 4 is 16.7 Å². The molecular weight excluding hydrogens is 394 g/mol. The number of fused-ring (bicyclic) bond motifs is 1. The second-order valence-corrected chi connectivity index (χ2v) is 7.86. The molecule has 3 N–H and O–H groups in total. The highest BCUT2D eigenvalue weighted by atomic mass is 16.2. The molecule has 0 heterocycles. The lowest BCUT2D eigenvalue weighted by Gasteiger charge is -2.24. The van der Waals surface area contributed by atoms with Gasteiger partial charge in [-0.1, -0.05) is 91.5 Å². The second-order valence-electron chi connectivity index (χ2n) is 7.86. The van der Waals surface area contributed by atoms with Crippen molar-refractivity contribution in [1.29, 1.82) is 0 Å². The Hall–Kier alpha value is -4.05. The van der Waals surface area contributed by atoms with Crippen molar-refractivity contribution in [2.75, 3.05) is 0 Å². The molecule has 0 bridgehead atoms. The van der Waals surface area contributed by atoms with Gasteiger partial charge in [-0.25, -0.2) is 0 Å². The molecule has 0 aromatic heterocycles. The van der Waals surface area contributed by atoms with Crippen LogP contribution in [-0.4, -0.2) is 10.8 Å². The van der Waals surface area contributed by atoms with Gasteiger partial charge in [0.2, 0.25) is 0 Å². The molecule has 0 saturated heterocycles. The van der Waals surface area contributed by atoms with Gasteiger partial charge in [0.05, 0.1) is 5.82 Å². The Morgan fingerprint density at radius 2 is 1.44 bits per heavy atom. The number of benzene rings is 4. The molecule has 1 amide bonds. The minimum absolute atomic E-state index is 0.0173. The maximum Gasteiger partial charge on any atom is 0.254 e. The standard InChI is InChI=1S/C28H27N3O/c1-21(29)30-18-22-14-16-23(17-15-22)19-31(28(32)25-9-3-2-4-10-25)20-26-12-7-11-24-8-5-6-13-27(24)26/h2-17,30H,1,18-20,29H2. The Kier molecular flexibility index (Phi) is 6.52. The largest absolute Gasteiger partial charge is 0.386 e. The normalized spacial score (nSPS) is 10.6. The van der Waals surface area contributed by atoms with Crippen LogP contribution in [0.15, 0.2) is 109 Å². The van der Waals surface area contributed by atoms with E-state index in [1.807, 2.05) is 59.5 Å². The summed E-state index contributed by atoms with van der Waals surface area (Å²) in [5.41, 5.74) is 9.59. The summed E-state index contributed by atoms with van der Waals surface area (Å²) in [5.74, 6) is 0.465. The Morgan fingerprint density at radius 3 is 2.19 bits per heavy atom. The van der Waals surface area contributed by atoms with Crippen molar-refractivity contribution < 1.29 is 4.79 Å². The van der Waals surface area contributed by atoms with Crippen molar-refractivity contribution in [1.82, 2.24) is 10.2 Å². The van der Waals surface area contributed by atoms with Crippen LogP contribution in [0.2, 0.25) is 0 Å². The average Bonchev–Trinajstić information content (AvgIpc) is 2.83. The van der Waals surface area contributed by atoms with E-state index in [0.717, 1.165) is 16.7 Å². The molecular formula is C28H27N3O. The molecule has 32 heavy (non-hydrogen) atoms. The first-order valence-electron chi connectivity index (χ1n) is 10.7. The summed E-state index contributed by atoms with van der Waals surface area (Å²) in [5, 5.41) is 5.38. The number of hydrogen-bond donors (Lipinski definition) is 2. The molecule has 0 aliphatic rings. The topological polar surface area (TPSA) is 58.4 Å². The summed E-state index contributed by atoms with van der Waals surface area (Å²) in [6, 6.07) is 32.2. The van der Waals surface area contributed by atoms with E-state index in [1.54, 1.807) is 0 Å². The molecule has 0 fully saturated rings. The maximum absolute atomic E-state index is 13.4. The zero-order chi connectivity index (χ0) is 22.3. The zero-order valence-electron chi connectivity index (χ0n) is 18.0. The molecule has 4 nitrogen and oxygen atoms in total. The van der Waals surface area contributed by atoms with Gasteiger partial charge in [0.1, 0.15) is 0 Å². The third-order valence-corrected chi connectivity index (χ3v) is 5.47. The van der Waals surface area contributed by atoms with E-state index in [9.17, 15) is 4.79 Å². The number of carbonyl (C=O) groups excluding carboxylic acids is 1. The number of nitrogens with one attached hydrogen (secondary N) is 1. The monoisotopic (exact) mass is 421 g/mol. The van der Waals surface area contributed by atoms with Crippen LogP contribution in [0.25, 0.3) is 10.8 Å². The van der Waals surface area contributed by atoms with Crippen molar-refractivity contribution in [3.63, 3.8) is 0 Å². The van der Waals surface area contributed by atoms with Crippen molar-refractivity contribution in [3.05, 3.63) is 132 Å². The van der Waals surface area contributed by atoms with Gasteiger partial charge in [0.25, 0.3) is 5.91 Å². The summed E-state index contributed by atoms with van der Waals surface area (Å²) in [7, 11) is 0. The van der Waals surface area contributed by atoms with E-state index in [1.165, 1.54) is 10.8 Å². The molecule has 4 aromatic rings. The molecule has 0 aliphatic heterocycles. The Morgan fingerprint density at radius 1 is 0.781 bits per heavy atom. The quantitative estimate of drug-likeness (QED) is 0.411. The van der Waals surface area contributed by atoms with E-state index < -0.39 is 0 Å². The van der Waals surface area contributed by atoms with E-state index in [-0.39, 0.29) is 5.91 Å². The van der Waals surface area contributed by atoms with Crippen LogP contribution in [0.4, 0.5) is 0 Å². The van der Waals surface area contributed by atoms with Gasteiger partial charge >= 0.3 is 0 Å². The highest BCUT2D eigenvalue weighted by Crippen LogP contribution is 2.22. The Labute approximate surface area is 189 Å². The van der Waals surface area contributed by atoms with Crippen LogP contribution in [0.1, 0.15) is 27.0 Å². The number of hydrogen-bond acceptors (Lipinski definition) is 3. The fourth-order valence-corrected chi connectivity index (χ4v) is 3.80. The number of rotatable bonds is 8. The van der Waals surface area contributed by atoms with E-state index in [4.69, 9.17) is 5.73 Å². The first-order chi connectivity index (χ1) is 15.6. The molecule has 160 valence electrons.